The van der Waals surface area contributed by atoms with Gasteiger partial charge >= 0.3 is 0 Å². The lowest BCUT2D eigenvalue weighted by Crippen LogP contribution is -2.29. The smallest absolute Gasteiger partial charge is 0.216 e. The van der Waals surface area contributed by atoms with E-state index in [4.69, 9.17) is 9.47 Å². The zero-order chi connectivity index (χ0) is 14.4. The number of carbonyl (C=O) groups is 1. The van der Waals surface area contributed by atoms with Gasteiger partial charge in [0.15, 0.2) is 11.5 Å². The number of halogens is 1. The number of fused-ring (bicyclic) bond motifs is 1. The molecule has 0 bridgehead atoms. The van der Waals surface area contributed by atoms with Crippen molar-refractivity contribution in [2.24, 2.45) is 0 Å². The maximum Gasteiger partial charge on any atom is 0.216 e. The van der Waals surface area contributed by atoms with E-state index in [1.807, 2.05) is 12.1 Å². The highest BCUT2D eigenvalue weighted by Crippen LogP contribution is 2.38. The Bertz CT molecular complexity index is 480. The highest BCUT2D eigenvalue weighted by Gasteiger charge is 2.14. The zero-order valence-corrected chi connectivity index (χ0v) is 13.1. The summed E-state index contributed by atoms with van der Waals surface area (Å²) in [6, 6.07) is 4.02. The monoisotopic (exact) mass is 342 g/mol. The molecule has 6 heteroatoms. The van der Waals surface area contributed by atoms with Crippen LogP contribution < -0.4 is 20.1 Å². The van der Waals surface area contributed by atoms with Crippen molar-refractivity contribution in [1.82, 2.24) is 10.6 Å². The molecule has 1 aromatic carbocycles. The Morgan fingerprint density at radius 2 is 2.10 bits per heavy atom. The van der Waals surface area contributed by atoms with Crippen molar-refractivity contribution < 1.29 is 14.3 Å². The highest BCUT2D eigenvalue weighted by molar-refractivity contribution is 9.10. The number of carbonyl (C=O) groups excluding carboxylic acids is 1. The number of benzene rings is 1. The number of ether oxygens (including phenoxy) is 2. The van der Waals surface area contributed by atoms with Gasteiger partial charge in [-0.25, -0.2) is 0 Å². The van der Waals surface area contributed by atoms with Gasteiger partial charge in [0, 0.05) is 33.0 Å². The van der Waals surface area contributed by atoms with Gasteiger partial charge in [0.25, 0.3) is 0 Å². The molecule has 1 aliphatic rings. The first kappa shape index (κ1) is 15.1. The molecule has 0 fully saturated rings. The predicted octanol–water partition coefficient (Wildman–Crippen LogP) is 1.84. The van der Waals surface area contributed by atoms with E-state index in [0.29, 0.717) is 19.8 Å². The summed E-state index contributed by atoms with van der Waals surface area (Å²) >= 11 is 3.52. The number of rotatable bonds is 5. The molecule has 0 spiro atoms. The van der Waals surface area contributed by atoms with Gasteiger partial charge in [-0.1, -0.05) is 0 Å². The van der Waals surface area contributed by atoms with Gasteiger partial charge in [-0.05, 0) is 33.6 Å². The van der Waals surface area contributed by atoms with Crippen molar-refractivity contribution in [3.05, 3.63) is 22.2 Å². The van der Waals surface area contributed by atoms with Crippen molar-refractivity contribution >= 4 is 21.8 Å². The molecule has 1 aliphatic heterocycles. The van der Waals surface area contributed by atoms with Gasteiger partial charge in [0.1, 0.15) is 0 Å². The number of hydrogen-bond donors (Lipinski definition) is 2. The average Bonchev–Trinajstić information content (AvgIpc) is 2.63. The summed E-state index contributed by atoms with van der Waals surface area (Å²) in [6.45, 7) is 4.95. The van der Waals surface area contributed by atoms with Crippen LogP contribution in [0.2, 0.25) is 0 Å². The summed E-state index contributed by atoms with van der Waals surface area (Å²) in [5.74, 6) is 1.56. The molecule has 5 nitrogen and oxygen atoms in total. The summed E-state index contributed by atoms with van der Waals surface area (Å²) in [5, 5.41) is 6.02. The molecule has 0 atom stereocenters. The van der Waals surface area contributed by atoms with Crippen molar-refractivity contribution in [3.8, 4) is 11.5 Å². The lowest BCUT2D eigenvalue weighted by atomic mass is 10.2. The molecule has 2 N–H and O–H groups in total. The van der Waals surface area contributed by atoms with E-state index in [-0.39, 0.29) is 5.91 Å². The van der Waals surface area contributed by atoms with Gasteiger partial charge in [0.05, 0.1) is 17.7 Å². The van der Waals surface area contributed by atoms with Crippen LogP contribution in [0.1, 0.15) is 18.9 Å². The van der Waals surface area contributed by atoms with Gasteiger partial charge in [-0.2, -0.15) is 0 Å². The third-order valence-electron chi connectivity index (χ3n) is 2.87. The van der Waals surface area contributed by atoms with Crippen LogP contribution in [0.4, 0.5) is 0 Å². The SMILES string of the molecule is CC(=O)NCCNCc1cc(Br)c2c(c1)OCCCO2. The van der Waals surface area contributed by atoms with Crippen molar-refractivity contribution in [2.45, 2.75) is 19.9 Å². The van der Waals surface area contributed by atoms with Crippen LogP contribution in [0.5, 0.6) is 11.5 Å². The molecule has 0 radical (unpaired) electrons. The fourth-order valence-electron chi connectivity index (χ4n) is 1.95. The summed E-state index contributed by atoms with van der Waals surface area (Å²) < 4.78 is 12.3. The van der Waals surface area contributed by atoms with Crippen LogP contribution >= 0.6 is 15.9 Å². The van der Waals surface area contributed by atoms with Crippen molar-refractivity contribution in [2.75, 3.05) is 26.3 Å². The second kappa shape index (κ2) is 7.50. The van der Waals surface area contributed by atoms with Crippen LogP contribution in [0, 0.1) is 0 Å². The second-order valence-electron chi connectivity index (χ2n) is 4.62. The Morgan fingerprint density at radius 1 is 1.30 bits per heavy atom. The fourth-order valence-corrected chi connectivity index (χ4v) is 2.55. The average molecular weight is 343 g/mol. The molecular formula is C14H19BrN2O3. The lowest BCUT2D eigenvalue weighted by molar-refractivity contribution is -0.118. The van der Waals surface area contributed by atoms with Gasteiger partial charge in [-0.15, -0.1) is 0 Å². The molecule has 20 heavy (non-hydrogen) atoms. The van der Waals surface area contributed by atoms with Crippen LogP contribution in [0.25, 0.3) is 0 Å². The minimum absolute atomic E-state index is 0.00914. The minimum atomic E-state index is -0.00914. The number of hydrogen-bond acceptors (Lipinski definition) is 4. The Labute approximate surface area is 127 Å². The molecule has 0 unspecified atom stereocenters. The van der Waals surface area contributed by atoms with Gasteiger partial charge in [-0.3, -0.25) is 4.79 Å². The molecule has 2 rings (SSSR count). The van der Waals surface area contributed by atoms with E-state index in [0.717, 1.165) is 41.0 Å². The molecule has 110 valence electrons. The first-order valence-corrected chi connectivity index (χ1v) is 7.49. The maximum atomic E-state index is 10.7. The van der Waals surface area contributed by atoms with Crippen LogP contribution in [-0.2, 0) is 11.3 Å². The molecule has 0 aliphatic carbocycles. The largest absolute Gasteiger partial charge is 0.490 e. The third kappa shape index (κ3) is 4.38. The first-order chi connectivity index (χ1) is 9.66. The molecule has 0 saturated carbocycles. The highest BCUT2D eigenvalue weighted by atomic mass is 79.9. The Balaban J connectivity index is 1.90. The van der Waals surface area contributed by atoms with Crippen LogP contribution in [0.15, 0.2) is 16.6 Å². The summed E-state index contributed by atoms with van der Waals surface area (Å²) in [7, 11) is 0. The van der Waals surface area contributed by atoms with E-state index in [2.05, 4.69) is 26.6 Å². The second-order valence-corrected chi connectivity index (χ2v) is 5.47. The summed E-state index contributed by atoms with van der Waals surface area (Å²) in [4.78, 5) is 10.7. The minimum Gasteiger partial charge on any atom is -0.490 e. The maximum absolute atomic E-state index is 10.7. The molecule has 0 aromatic heterocycles. The van der Waals surface area contributed by atoms with Crippen molar-refractivity contribution in [3.63, 3.8) is 0 Å². The molecule has 1 heterocycles. The Hall–Kier alpha value is -1.27. The zero-order valence-electron chi connectivity index (χ0n) is 11.5. The van der Waals surface area contributed by atoms with E-state index in [1.54, 1.807) is 0 Å². The van der Waals surface area contributed by atoms with Crippen LogP contribution in [0.3, 0.4) is 0 Å². The quantitative estimate of drug-likeness (QED) is 0.801. The van der Waals surface area contributed by atoms with E-state index >= 15 is 0 Å². The topological polar surface area (TPSA) is 59.6 Å². The van der Waals surface area contributed by atoms with Crippen molar-refractivity contribution in [1.29, 1.82) is 0 Å². The van der Waals surface area contributed by atoms with Gasteiger partial charge < -0.3 is 20.1 Å². The number of amides is 1. The predicted molar refractivity (Wildman–Crippen MR) is 80.1 cm³/mol. The summed E-state index contributed by atoms with van der Waals surface area (Å²) in [5.41, 5.74) is 1.11. The fraction of sp³-hybridized carbons (Fsp3) is 0.500. The first-order valence-electron chi connectivity index (χ1n) is 6.70. The standard InChI is InChI=1S/C14H19BrN2O3/c1-10(18)17-4-3-16-9-11-7-12(15)14-13(8-11)19-5-2-6-20-14/h7-8,16H,2-6,9H2,1H3,(H,17,18). The molecule has 0 saturated heterocycles. The number of nitrogens with one attached hydrogen (secondary N) is 2. The molecule has 1 amide bonds. The molecule has 1 aromatic rings. The Morgan fingerprint density at radius 3 is 2.90 bits per heavy atom. The third-order valence-corrected chi connectivity index (χ3v) is 3.46. The van der Waals surface area contributed by atoms with E-state index in [9.17, 15) is 4.79 Å². The van der Waals surface area contributed by atoms with Crippen LogP contribution in [-0.4, -0.2) is 32.2 Å². The normalized spacial score (nSPS) is 13.7. The van der Waals surface area contributed by atoms with Gasteiger partial charge in [0.2, 0.25) is 5.91 Å². The molecular weight excluding hydrogens is 324 g/mol. The van der Waals surface area contributed by atoms with E-state index in [1.165, 1.54) is 6.92 Å². The lowest BCUT2D eigenvalue weighted by Gasteiger charge is -2.12. The van der Waals surface area contributed by atoms with E-state index < -0.39 is 0 Å². The Kier molecular flexibility index (Phi) is 5.67. The summed E-state index contributed by atoms with van der Waals surface area (Å²) in [6.07, 6.45) is 0.894.